The summed E-state index contributed by atoms with van der Waals surface area (Å²) < 4.78 is 10.3. The molecule has 1 aromatic carbocycles. The quantitative estimate of drug-likeness (QED) is 0.811. The third-order valence-electron chi connectivity index (χ3n) is 2.56. The summed E-state index contributed by atoms with van der Waals surface area (Å²) in [5.74, 6) is 0.468. The molecule has 0 spiro atoms. The molecule has 0 aliphatic carbocycles. The summed E-state index contributed by atoms with van der Waals surface area (Å²) in [4.78, 5) is 11.2. The van der Waals surface area contributed by atoms with Gasteiger partial charge in [-0.15, -0.1) is 0 Å². The molecule has 0 bridgehead atoms. The van der Waals surface area contributed by atoms with Crippen molar-refractivity contribution in [3.8, 4) is 5.75 Å². The van der Waals surface area contributed by atoms with Gasteiger partial charge in [-0.2, -0.15) is 0 Å². The predicted octanol–water partition coefficient (Wildman–Crippen LogP) is 1.83. The molecule has 4 heteroatoms. The summed E-state index contributed by atoms with van der Waals surface area (Å²) in [6.07, 6.45) is 0.613. The van der Waals surface area contributed by atoms with Crippen molar-refractivity contribution in [1.82, 2.24) is 0 Å². The molecule has 1 atom stereocenters. The molecule has 0 heterocycles. The van der Waals surface area contributed by atoms with Crippen molar-refractivity contribution in [3.05, 3.63) is 29.3 Å². The van der Waals surface area contributed by atoms with Crippen LogP contribution in [0.5, 0.6) is 5.75 Å². The van der Waals surface area contributed by atoms with E-state index >= 15 is 0 Å². The Balaban J connectivity index is 2.75. The highest BCUT2D eigenvalue weighted by Gasteiger charge is 2.14. The van der Waals surface area contributed by atoms with Gasteiger partial charge in [0.15, 0.2) is 0 Å². The zero-order chi connectivity index (χ0) is 13.7. The van der Waals surface area contributed by atoms with Crippen LogP contribution < -0.4 is 10.5 Å². The van der Waals surface area contributed by atoms with Gasteiger partial charge < -0.3 is 15.2 Å². The number of esters is 1. The standard InChI is InChI=1S/C14H21NO3/c1-9(2)18-13-6-5-11(7-10(13)3)8-12(15)14(16)17-4/h5-7,9,12H,8,15H2,1-4H3. The number of nitrogens with two attached hydrogens (primary N) is 1. The Morgan fingerprint density at radius 2 is 2.06 bits per heavy atom. The lowest BCUT2D eigenvalue weighted by Crippen LogP contribution is -2.33. The lowest BCUT2D eigenvalue weighted by atomic mass is 10.0. The maximum Gasteiger partial charge on any atom is 0.322 e. The van der Waals surface area contributed by atoms with Gasteiger partial charge in [-0.3, -0.25) is 4.79 Å². The first-order valence-corrected chi connectivity index (χ1v) is 6.03. The molecule has 0 radical (unpaired) electrons. The second-order valence-corrected chi connectivity index (χ2v) is 4.60. The average molecular weight is 251 g/mol. The fourth-order valence-electron chi connectivity index (χ4n) is 1.71. The zero-order valence-electron chi connectivity index (χ0n) is 11.4. The van der Waals surface area contributed by atoms with E-state index in [1.165, 1.54) is 7.11 Å². The lowest BCUT2D eigenvalue weighted by molar-refractivity contribution is -0.142. The van der Waals surface area contributed by atoms with Crippen LogP contribution >= 0.6 is 0 Å². The van der Waals surface area contributed by atoms with Crippen LogP contribution in [0.2, 0.25) is 0 Å². The number of methoxy groups -OCH3 is 1. The van der Waals surface area contributed by atoms with E-state index in [2.05, 4.69) is 4.74 Å². The van der Waals surface area contributed by atoms with Crippen LogP contribution in [0.25, 0.3) is 0 Å². The predicted molar refractivity (Wildman–Crippen MR) is 70.6 cm³/mol. The van der Waals surface area contributed by atoms with Crippen molar-refractivity contribution in [1.29, 1.82) is 0 Å². The van der Waals surface area contributed by atoms with E-state index in [4.69, 9.17) is 10.5 Å². The summed E-state index contributed by atoms with van der Waals surface area (Å²) >= 11 is 0. The highest BCUT2D eigenvalue weighted by Crippen LogP contribution is 2.21. The van der Waals surface area contributed by atoms with Gasteiger partial charge in [0.25, 0.3) is 0 Å². The molecule has 1 aromatic rings. The van der Waals surface area contributed by atoms with Gasteiger partial charge >= 0.3 is 5.97 Å². The van der Waals surface area contributed by atoms with Crippen LogP contribution in [0.1, 0.15) is 25.0 Å². The highest BCUT2D eigenvalue weighted by molar-refractivity contribution is 5.75. The monoisotopic (exact) mass is 251 g/mol. The number of carbonyl (C=O) groups is 1. The number of benzene rings is 1. The van der Waals surface area contributed by atoms with Crippen molar-refractivity contribution >= 4 is 5.97 Å². The maximum absolute atomic E-state index is 11.2. The topological polar surface area (TPSA) is 61.5 Å². The smallest absolute Gasteiger partial charge is 0.322 e. The maximum atomic E-state index is 11.2. The summed E-state index contributed by atoms with van der Waals surface area (Å²) in [5, 5.41) is 0. The van der Waals surface area contributed by atoms with E-state index in [9.17, 15) is 4.79 Å². The van der Waals surface area contributed by atoms with E-state index in [1.807, 2.05) is 39.0 Å². The van der Waals surface area contributed by atoms with Crippen LogP contribution in [0.15, 0.2) is 18.2 Å². The molecule has 0 aromatic heterocycles. The van der Waals surface area contributed by atoms with Gasteiger partial charge in [0.2, 0.25) is 0 Å². The van der Waals surface area contributed by atoms with E-state index in [1.54, 1.807) is 0 Å². The van der Waals surface area contributed by atoms with E-state index < -0.39 is 12.0 Å². The van der Waals surface area contributed by atoms with Crippen molar-refractivity contribution in [2.75, 3.05) is 7.11 Å². The molecule has 100 valence electrons. The molecule has 0 aliphatic heterocycles. The molecule has 1 rings (SSSR count). The Hall–Kier alpha value is -1.55. The van der Waals surface area contributed by atoms with Gasteiger partial charge in [0.1, 0.15) is 11.8 Å². The highest BCUT2D eigenvalue weighted by atomic mass is 16.5. The van der Waals surface area contributed by atoms with Crippen molar-refractivity contribution in [3.63, 3.8) is 0 Å². The summed E-state index contributed by atoms with van der Waals surface area (Å²) in [5.41, 5.74) is 7.76. The third kappa shape index (κ3) is 4.04. The normalized spacial score (nSPS) is 12.3. The first kappa shape index (κ1) is 14.5. The minimum absolute atomic E-state index is 0.145. The number of carbonyl (C=O) groups excluding carboxylic acids is 1. The molecule has 1 unspecified atom stereocenters. The average Bonchev–Trinajstić information content (AvgIpc) is 2.31. The number of aryl methyl sites for hydroxylation is 1. The lowest BCUT2D eigenvalue weighted by Gasteiger charge is -2.14. The molecular weight excluding hydrogens is 230 g/mol. The Kier molecular flexibility index (Phi) is 5.16. The summed E-state index contributed by atoms with van der Waals surface area (Å²) in [7, 11) is 1.34. The minimum atomic E-state index is -0.619. The molecule has 0 saturated heterocycles. The fourth-order valence-corrected chi connectivity index (χ4v) is 1.71. The first-order chi connectivity index (χ1) is 8.43. The summed E-state index contributed by atoms with van der Waals surface area (Å²) in [6, 6.07) is 5.20. The number of rotatable bonds is 5. The largest absolute Gasteiger partial charge is 0.491 e. The molecule has 0 amide bonds. The molecule has 18 heavy (non-hydrogen) atoms. The van der Waals surface area contributed by atoms with Gasteiger partial charge in [-0.1, -0.05) is 12.1 Å². The van der Waals surface area contributed by atoms with Gasteiger partial charge in [-0.05, 0) is 44.4 Å². The zero-order valence-corrected chi connectivity index (χ0v) is 11.4. The molecule has 0 aliphatic rings. The third-order valence-corrected chi connectivity index (χ3v) is 2.56. The van der Waals surface area contributed by atoms with Gasteiger partial charge in [-0.25, -0.2) is 0 Å². The Labute approximate surface area is 108 Å². The SMILES string of the molecule is COC(=O)C(N)Cc1ccc(OC(C)C)c(C)c1. The van der Waals surface area contributed by atoms with Crippen molar-refractivity contribution < 1.29 is 14.3 Å². The van der Waals surface area contributed by atoms with Crippen molar-refractivity contribution in [2.24, 2.45) is 5.73 Å². The molecular formula is C14H21NO3. The molecule has 2 N–H and O–H groups in total. The number of hydrogen-bond donors (Lipinski definition) is 1. The van der Waals surface area contributed by atoms with E-state index in [-0.39, 0.29) is 6.10 Å². The Morgan fingerprint density at radius 3 is 2.56 bits per heavy atom. The van der Waals surface area contributed by atoms with Crippen LogP contribution in [-0.4, -0.2) is 25.2 Å². The van der Waals surface area contributed by atoms with Gasteiger partial charge in [0, 0.05) is 0 Å². The van der Waals surface area contributed by atoms with Crippen LogP contribution in [0, 0.1) is 6.92 Å². The first-order valence-electron chi connectivity index (χ1n) is 6.03. The Morgan fingerprint density at radius 1 is 1.39 bits per heavy atom. The molecule has 0 saturated carbocycles. The minimum Gasteiger partial charge on any atom is -0.491 e. The van der Waals surface area contributed by atoms with E-state index in [0.29, 0.717) is 6.42 Å². The Bertz CT molecular complexity index is 416. The fraction of sp³-hybridized carbons (Fsp3) is 0.500. The van der Waals surface area contributed by atoms with Crippen LogP contribution in [0.3, 0.4) is 0 Å². The number of ether oxygens (including phenoxy) is 2. The second-order valence-electron chi connectivity index (χ2n) is 4.60. The number of hydrogen-bond acceptors (Lipinski definition) is 4. The summed E-state index contributed by atoms with van der Waals surface area (Å²) in [6.45, 7) is 5.95. The second kappa shape index (κ2) is 6.40. The molecule has 0 fully saturated rings. The van der Waals surface area contributed by atoms with Crippen LogP contribution in [0.4, 0.5) is 0 Å². The van der Waals surface area contributed by atoms with Crippen LogP contribution in [-0.2, 0) is 16.0 Å². The van der Waals surface area contributed by atoms with Gasteiger partial charge in [0.05, 0.1) is 13.2 Å². The molecule has 4 nitrogen and oxygen atoms in total. The van der Waals surface area contributed by atoms with Crippen molar-refractivity contribution in [2.45, 2.75) is 39.3 Å². The van der Waals surface area contributed by atoms with E-state index in [0.717, 1.165) is 16.9 Å².